The summed E-state index contributed by atoms with van der Waals surface area (Å²) in [6, 6.07) is 20.1. The van der Waals surface area contributed by atoms with Crippen LogP contribution in [0.5, 0.6) is 0 Å². The number of hydrogen-bond acceptors (Lipinski definition) is 2. The van der Waals surface area contributed by atoms with Gasteiger partial charge in [-0.3, -0.25) is 9.69 Å². The second-order valence-electron chi connectivity index (χ2n) is 6.45. The first kappa shape index (κ1) is 20.2. The Morgan fingerprint density at radius 2 is 1.64 bits per heavy atom. The molecule has 1 unspecified atom stereocenters. The van der Waals surface area contributed by atoms with Crippen LogP contribution in [0.4, 0.5) is 14.5 Å². The van der Waals surface area contributed by atoms with Crippen LogP contribution in [0, 0.1) is 11.6 Å². The molecule has 0 heterocycles. The van der Waals surface area contributed by atoms with Gasteiger partial charge in [0.2, 0.25) is 5.91 Å². The highest BCUT2D eigenvalue weighted by Crippen LogP contribution is 2.28. The third-order valence-corrected chi connectivity index (χ3v) is 4.83. The minimum Gasteiger partial charge on any atom is -0.322 e. The lowest BCUT2D eigenvalue weighted by molar-refractivity contribution is -0.117. The number of amides is 1. The Hall–Kier alpha value is -2.57. The first-order chi connectivity index (χ1) is 13.4. The van der Waals surface area contributed by atoms with Crippen molar-refractivity contribution in [3.63, 3.8) is 0 Å². The van der Waals surface area contributed by atoms with Crippen LogP contribution >= 0.6 is 15.9 Å². The minimum atomic E-state index is -0.511. The highest BCUT2D eigenvalue weighted by atomic mass is 79.9. The van der Waals surface area contributed by atoms with Crippen molar-refractivity contribution in [2.24, 2.45) is 0 Å². The van der Waals surface area contributed by atoms with Crippen LogP contribution in [0.2, 0.25) is 0 Å². The summed E-state index contributed by atoms with van der Waals surface area (Å²) in [7, 11) is 1.80. The summed E-state index contributed by atoms with van der Waals surface area (Å²) >= 11 is 3.19. The van der Waals surface area contributed by atoms with Crippen LogP contribution in [0.1, 0.15) is 17.2 Å². The van der Waals surface area contributed by atoms with Gasteiger partial charge in [0, 0.05) is 4.47 Å². The van der Waals surface area contributed by atoms with Crippen molar-refractivity contribution < 1.29 is 13.6 Å². The van der Waals surface area contributed by atoms with E-state index in [1.54, 1.807) is 25.2 Å². The van der Waals surface area contributed by atoms with Crippen LogP contribution < -0.4 is 5.32 Å². The number of carbonyl (C=O) groups excluding carboxylic acids is 1. The fourth-order valence-electron chi connectivity index (χ4n) is 3.08. The van der Waals surface area contributed by atoms with Crippen LogP contribution in [0.15, 0.2) is 77.3 Å². The largest absolute Gasteiger partial charge is 0.322 e. The quantitative estimate of drug-likeness (QED) is 0.552. The van der Waals surface area contributed by atoms with Gasteiger partial charge >= 0.3 is 0 Å². The molecule has 3 aromatic carbocycles. The lowest BCUT2D eigenvalue weighted by Gasteiger charge is -2.28. The highest BCUT2D eigenvalue weighted by Gasteiger charge is 2.21. The molecule has 0 aliphatic rings. The number of nitrogens with one attached hydrogen (secondary N) is 1. The molecule has 3 nitrogen and oxygen atoms in total. The summed E-state index contributed by atoms with van der Waals surface area (Å²) in [6.07, 6.45) is 0. The van der Waals surface area contributed by atoms with E-state index in [4.69, 9.17) is 0 Å². The van der Waals surface area contributed by atoms with Crippen molar-refractivity contribution in [2.45, 2.75) is 6.04 Å². The molecule has 0 fully saturated rings. The standard InChI is InChI=1S/C22H19BrF2N2O/c1-27(14-21(28)26-20-12-9-17(23)13-19(20)25)22(15-5-3-2-4-6-15)16-7-10-18(24)11-8-16/h2-13,22H,14H2,1H3,(H,26,28). The van der Waals surface area contributed by atoms with Gasteiger partial charge < -0.3 is 5.32 Å². The van der Waals surface area contributed by atoms with Crippen molar-refractivity contribution in [1.82, 2.24) is 4.90 Å². The van der Waals surface area contributed by atoms with Crippen LogP contribution in [-0.2, 0) is 4.79 Å². The molecule has 144 valence electrons. The molecule has 0 saturated carbocycles. The van der Waals surface area contributed by atoms with Gasteiger partial charge in [0.05, 0.1) is 18.3 Å². The Kier molecular flexibility index (Phi) is 6.54. The van der Waals surface area contributed by atoms with E-state index in [9.17, 15) is 13.6 Å². The molecule has 1 amide bonds. The Balaban J connectivity index is 1.80. The summed E-state index contributed by atoms with van der Waals surface area (Å²) in [6.45, 7) is 0.0342. The average molecular weight is 445 g/mol. The zero-order chi connectivity index (χ0) is 20.1. The van der Waals surface area contributed by atoms with Gasteiger partial charge in [0.25, 0.3) is 0 Å². The zero-order valence-electron chi connectivity index (χ0n) is 15.2. The molecule has 0 aliphatic carbocycles. The molecule has 28 heavy (non-hydrogen) atoms. The molecule has 3 aromatic rings. The van der Waals surface area contributed by atoms with Gasteiger partial charge in [-0.2, -0.15) is 0 Å². The minimum absolute atomic E-state index is 0.0342. The molecule has 0 aliphatic heterocycles. The molecule has 0 aromatic heterocycles. The van der Waals surface area contributed by atoms with Crippen molar-refractivity contribution in [3.8, 4) is 0 Å². The lowest BCUT2D eigenvalue weighted by atomic mass is 9.97. The van der Waals surface area contributed by atoms with Gasteiger partial charge in [0.15, 0.2) is 0 Å². The average Bonchev–Trinajstić information content (AvgIpc) is 2.67. The van der Waals surface area contributed by atoms with Crippen LogP contribution in [0.25, 0.3) is 0 Å². The third kappa shape index (κ3) is 5.03. The molecular weight excluding hydrogens is 426 g/mol. The van der Waals surface area contributed by atoms with Gasteiger partial charge in [0.1, 0.15) is 11.6 Å². The first-order valence-electron chi connectivity index (χ1n) is 8.69. The Bertz CT molecular complexity index is 949. The van der Waals surface area contributed by atoms with E-state index < -0.39 is 5.82 Å². The summed E-state index contributed by atoms with van der Waals surface area (Å²) < 4.78 is 27.9. The van der Waals surface area contributed by atoms with Crippen LogP contribution in [0.3, 0.4) is 0 Å². The fraction of sp³-hybridized carbons (Fsp3) is 0.136. The predicted molar refractivity (Wildman–Crippen MR) is 110 cm³/mol. The van der Waals surface area contributed by atoms with E-state index in [0.717, 1.165) is 11.1 Å². The maximum absolute atomic E-state index is 14.0. The van der Waals surface area contributed by atoms with E-state index in [1.807, 2.05) is 35.2 Å². The highest BCUT2D eigenvalue weighted by molar-refractivity contribution is 9.10. The molecule has 0 bridgehead atoms. The lowest BCUT2D eigenvalue weighted by Crippen LogP contribution is -2.34. The Labute approximate surface area is 171 Å². The maximum atomic E-state index is 14.0. The molecule has 0 spiro atoms. The number of nitrogens with zero attached hydrogens (tertiary/aromatic N) is 1. The predicted octanol–water partition coefficient (Wildman–Crippen LogP) is 5.39. The van der Waals surface area contributed by atoms with E-state index in [1.165, 1.54) is 24.3 Å². The summed E-state index contributed by atoms with van der Waals surface area (Å²) in [5, 5.41) is 2.60. The fourth-order valence-corrected chi connectivity index (χ4v) is 3.41. The smallest absolute Gasteiger partial charge is 0.238 e. The molecule has 0 radical (unpaired) electrons. The second-order valence-corrected chi connectivity index (χ2v) is 7.37. The number of anilines is 1. The number of rotatable bonds is 6. The number of carbonyl (C=O) groups is 1. The van der Waals surface area contributed by atoms with E-state index in [-0.39, 0.29) is 30.0 Å². The van der Waals surface area contributed by atoms with E-state index >= 15 is 0 Å². The van der Waals surface area contributed by atoms with Gasteiger partial charge in [-0.15, -0.1) is 0 Å². The Morgan fingerprint density at radius 3 is 2.29 bits per heavy atom. The SMILES string of the molecule is CN(CC(=O)Nc1ccc(Br)cc1F)C(c1ccccc1)c1ccc(F)cc1. The first-order valence-corrected chi connectivity index (χ1v) is 9.49. The second kappa shape index (κ2) is 9.08. The normalized spacial score (nSPS) is 12.0. The van der Waals surface area contributed by atoms with Gasteiger partial charge in [-0.1, -0.05) is 58.4 Å². The summed E-state index contributed by atoms with van der Waals surface area (Å²) in [5.41, 5.74) is 1.96. The number of hydrogen-bond donors (Lipinski definition) is 1. The summed E-state index contributed by atoms with van der Waals surface area (Å²) in [4.78, 5) is 14.3. The van der Waals surface area contributed by atoms with Gasteiger partial charge in [-0.25, -0.2) is 8.78 Å². The monoisotopic (exact) mass is 444 g/mol. The van der Waals surface area contributed by atoms with Crippen LogP contribution in [-0.4, -0.2) is 24.4 Å². The number of likely N-dealkylation sites (N-methyl/N-ethyl adjacent to an activating group) is 1. The van der Waals surface area contributed by atoms with Crippen molar-refractivity contribution in [1.29, 1.82) is 0 Å². The van der Waals surface area contributed by atoms with Crippen molar-refractivity contribution in [2.75, 3.05) is 18.9 Å². The number of halogens is 3. The molecule has 1 N–H and O–H groups in total. The van der Waals surface area contributed by atoms with E-state index in [2.05, 4.69) is 21.2 Å². The van der Waals surface area contributed by atoms with E-state index in [0.29, 0.717) is 4.47 Å². The number of benzene rings is 3. The zero-order valence-corrected chi connectivity index (χ0v) is 16.8. The van der Waals surface area contributed by atoms with Crippen molar-refractivity contribution in [3.05, 3.63) is 100 Å². The molecule has 6 heteroatoms. The van der Waals surface area contributed by atoms with Crippen molar-refractivity contribution >= 4 is 27.5 Å². The third-order valence-electron chi connectivity index (χ3n) is 4.34. The Morgan fingerprint density at radius 1 is 1.00 bits per heavy atom. The topological polar surface area (TPSA) is 32.3 Å². The maximum Gasteiger partial charge on any atom is 0.238 e. The molecule has 0 saturated heterocycles. The molecule has 3 rings (SSSR count). The summed E-state index contributed by atoms with van der Waals surface area (Å²) in [5.74, 6) is -1.17. The van der Waals surface area contributed by atoms with Gasteiger partial charge in [-0.05, 0) is 48.5 Å². The molecular formula is C22H19BrF2N2O. The molecule has 1 atom stereocenters.